The molecule has 1 rings (SSSR count). The normalized spacial score (nSPS) is 12.6. The van der Waals surface area contributed by atoms with Crippen LogP contribution >= 0.6 is 0 Å². The van der Waals surface area contributed by atoms with Gasteiger partial charge in [-0.05, 0) is 51.4 Å². The Morgan fingerprint density at radius 2 is 1.65 bits per heavy atom. The number of nitrogens with one attached hydrogen (secondary N) is 2. The van der Waals surface area contributed by atoms with E-state index in [1.165, 1.54) is 0 Å². The molecule has 114 valence electrons. The van der Waals surface area contributed by atoms with Crippen LogP contribution < -0.4 is 15.8 Å². The molecule has 0 aromatic heterocycles. The maximum Gasteiger partial charge on any atom is 0.238 e. The van der Waals surface area contributed by atoms with Crippen molar-refractivity contribution in [3.8, 4) is 0 Å². The van der Waals surface area contributed by atoms with Gasteiger partial charge in [0.1, 0.15) is 0 Å². The molecule has 0 aliphatic heterocycles. The molecule has 4 N–H and O–H groups in total. The van der Waals surface area contributed by atoms with E-state index < -0.39 is 10.0 Å². The van der Waals surface area contributed by atoms with Crippen molar-refractivity contribution in [1.82, 2.24) is 10.6 Å². The Hall–Kier alpha value is -0.950. The van der Waals surface area contributed by atoms with Gasteiger partial charge < -0.3 is 10.6 Å². The fraction of sp³-hybridized carbons (Fsp3) is 0.571. The topological polar surface area (TPSA) is 84.2 Å². The van der Waals surface area contributed by atoms with E-state index in [-0.39, 0.29) is 10.4 Å². The van der Waals surface area contributed by atoms with Gasteiger partial charge in [-0.25, -0.2) is 13.6 Å². The van der Waals surface area contributed by atoms with Crippen LogP contribution in [0.1, 0.15) is 26.3 Å². The third-order valence-electron chi connectivity index (χ3n) is 2.80. The van der Waals surface area contributed by atoms with Gasteiger partial charge in [0, 0.05) is 18.6 Å². The van der Waals surface area contributed by atoms with Gasteiger partial charge in [-0.15, -0.1) is 0 Å². The molecule has 20 heavy (non-hydrogen) atoms. The number of rotatable bonds is 7. The lowest BCUT2D eigenvalue weighted by Crippen LogP contribution is -2.40. The molecule has 1 aromatic carbocycles. The minimum Gasteiger partial charge on any atom is -0.315 e. The first-order chi connectivity index (χ1) is 9.18. The first-order valence-corrected chi connectivity index (χ1v) is 8.31. The van der Waals surface area contributed by atoms with Gasteiger partial charge >= 0.3 is 0 Å². The quantitative estimate of drug-likeness (QED) is 0.652. The van der Waals surface area contributed by atoms with Crippen molar-refractivity contribution in [3.05, 3.63) is 29.8 Å². The van der Waals surface area contributed by atoms with Crippen LogP contribution in [-0.2, 0) is 16.4 Å². The molecule has 0 atom stereocenters. The van der Waals surface area contributed by atoms with Crippen molar-refractivity contribution in [1.29, 1.82) is 0 Å². The maximum atomic E-state index is 11.1. The number of sulfonamides is 1. The summed E-state index contributed by atoms with van der Waals surface area (Å²) in [6, 6.07) is 6.70. The van der Waals surface area contributed by atoms with Gasteiger partial charge in [-0.1, -0.05) is 12.1 Å². The molecule has 5 nitrogen and oxygen atoms in total. The van der Waals surface area contributed by atoms with Crippen molar-refractivity contribution >= 4 is 10.0 Å². The molecule has 1 aromatic rings. The zero-order valence-corrected chi connectivity index (χ0v) is 13.3. The smallest absolute Gasteiger partial charge is 0.238 e. The largest absolute Gasteiger partial charge is 0.315 e. The summed E-state index contributed by atoms with van der Waals surface area (Å²) in [5.74, 6) is 0. The van der Waals surface area contributed by atoms with E-state index in [2.05, 4.69) is 31.4 Å². The molecule has 0 unspecified atom stereocenters. The molecule has 6 heteroatoms. The average Bonchev–Trinajstić information content (AvgIpc) is 2.32. The summed E-state index contributed by atoms with van der Waals surface area (Å²) in [5.41, 5.74) is 1.24. The number of benzene rings is 1. The molecule has 0 saturated heterocycles. The zero-order chi connectivity index (χ0) is 15.2. The van der Waals surface area contributed by atoms with Gasteiger partial charge in [0.2, 0.25) is 10.0 Å². The summed E-state index contributed by atoms with van der Waals surface area (Å²) in [6.07, 6.45) is 0.862. The number of hydrogen-bond acceptors (Lipinski definition) is 4. The second-order valence-corrected chi connectivity index (χ2v) is 7.43. The van der Waals surface area contributed by atoms with Gasteiger partial charge in [0.05, 0.1) is 4.90 Å². The van der Waals surface area contributed by atoms with E-state index >= 15 is 0 Å². The number of primary sulfonamides is 1. The zero-order valence-electron chi connectivity index (χ0n) is 12.4. The van der Waals surface area contributed by atoms with Gasteiger partial charge in [0.25, 0.3) is 0 Å². The van der Waals surface area contributed by atoms with E-state index in [1.807, 2.05) is 0 Å². The predicted molar refractivity (Wildman–Crippen MR) is 82.1 cm³/mol. The van der Waals surface area contributed by atoms with Crippen molar-refractivity contribution < 1.29 is 8.42 Å². The lowest BCUT2D eigenvalue weighted by molar-refractivity contribution is 0.422. The fourth-order valence-electron chi connectivity index (χ4n) is 1.73. The van der Waals surface area contributed by atoms with Crippen LogP contribution in [0.4, 0.5) is 0 Å². The van der Waals surface area contributed by atoms with E-state index in [0.29, 0.717) is 0 Å². The Morgan fingerprint density at radius 1 is 1.05 bits per heavy atom. The molecule has 0 aliphatic carbocycles. The van der Waals surface area contributed by atoms with Crippen molar-refractivity contribution in [2.24, 2.45) is 5.14 Å². The Labute approximate surface area is 122 Å². The van der Waals surface area contributed by atoms with E-state index in [4.69, 9.17) is 5.14 Å². The summed E-state index contributed by atoms with van der Waals surface area (Å²) >= 11 is 0. The Balaban J connectivity index is 2.26. The van der Waals surface area contributed by atoms with Gasteiger partial charge in [-0.3, -0.25) is 0 Å². The van der Waals surface area contributed by atoms with Crippen LogP contribution in [-0.4, -0.2) is 33.6 Å². The monoisotopic (exact) mass is 299 g/mol. The summed E-state index contributed by atoms with van der Waals surface area (Å²) in [7, 11) is -3.59. The van der Waals surface area contributed by atoms with Crippen molar-refractivity contribution in [2.45, 2.75) is 37.6 Å². The van der Waals surface area contributed by atoms with Crippen LogP contribution in [0.2, 0.25) is 0 Å². The van der Waals surface area contributed by atoms with Gasteiger partial charge in [0.15, 0.2) is 0 Å². The molecule has 0 aliphatic rings. The van der Waals surface area contributed by atoms with Crippen molar-refractivity contribution in [3.63, 3.8) is 0 Å². The summed E-state index contributed by atoms with van der Waals surface area (Å²) < 4.78 is 22.2. The molecule has 0 saturated carbocycles. The Kier molecular flexibility index (Phi) is 6.13. The second-order valence-electron chi connectivity index (χ2n) is 5.87. The third kappa shape index (κ3) is 7.00. The molecule has 0 bridgehead atoms. The minimum atomic E-state index is -3.59. The predicted octanol–water partition coefficient (Wildman–Crippen LogP) is 0.854. The fourth-order valence-corrected chi connectivity index (χ4v) is 2.24. The first-order valence-electron chi connectivity index (χ1n) is 6.76. The lowest BCUT2D eigenvalue weighted by Gasteiger charge is -2.20. The van der Waals surface area contributed by atoms with Crippen LogP contribution in [0.3, 0.4) is 0 Å². The Morgan fingerprint density at radius 3 is 2.15 bits per heavy atom. The summed E-state index contributed by atoms with van der Waals surface area (Å²) in [4.78, 5) is 0.156. The number of hydrogen-bond donors (Lipinski definition) is 3. The maximum absolute atomic E-state index is 11.1. The SMILES string of the molecule is CC(C)(C)NCCNCCc1ccc(S(N)(=O)=O)cc1. The highest BCUT2D eigenvalue weighted by Gasteiger charge is 2.07. The summed E-state index contributed by atoms with van der Waals surface area (Å²) in [5, 5.41) is 11.8. The van der Waals surface area contributed by atoms with Crippen LogP contribution in [0.25, 0.3) is 0 Å². The lowest BCUT2D eigenvalue weighted by atomic mass is 10.1. The van der Waals surface area contributed by atoms with E-state index in [0.717, 1.165) is 31.6 Å². The van der Waals surface area contributed by atoms with Gasteiger partial charge in [-0.2, -0.15) is 0 Å². The molecule has 0 fully saturated rings. The minimum absolute atomic E-state index is 0.144. The summed E-state index contributed by atoms with van der Waals surface area (Å²) in [6.45, 7) is 9.11. The van der Waals surface area contributed by atoms with E-state index in [9.17, 15) is 8.42 Å². The third-order valence-corrected chi connectivity index (χ3v) is 3.73. The van der Waals surface area contributed by atoms with E-state index in [1.54, 1.807) is 24.3 Å². The second kappa shape index (κ2) is 7.17. The molecular formula is C14H25N3O2S. The average molecular weight is 299 g/mol. The molecule has 0 spiro atoms. The van der Waals surface area contributed by atoms with Crippen molar-refractivity contribution in [2.75, 3.05) is 19.6 Å². The standard InChI is InChI=1S/C14H25N3O2S/c1-14(2,3)17-11-10-16-9-8-12-4-6-13(7-5-12)20(15,18)19/h4-7,16-17H,8-11H2,1-3H3,(H2,15,18,19). The highest BCUT2D eigenvalue weighted by Crippen LogP contribution is 2.08. The highest BCUT2D eigenvalue weighted by atomic mass is 32.2. The van der Waals surface area contributed by atoms with Crippen LogP contribution in [0, 0.1) is 0 Å². The molecule has 0 amide bonds. The molecule has 0 heterocycles. The first kappa shape index (κ1) is 17.1. The van der Waals surface area contributed by atoms with Crippen LogP contribution in [0.15, 0.2) is 29.2 Å². The number of nitrogens with two attached hydrogens (primary N) is 1. The Bertz CT molecular complexity index is 504. The molecular weight excluding hydrogens is 274 g/mol. The van der Waals surface area contributed by atoms with Crippen LogP contribution in [0.5, 0.6) is 0 Å². The highest BCUT2D eigenvalue weighted by molar-refractivity contribution is 7.89. The molecule has 0 radical (unpaired) electrons.